The highest BCUT2D eigenvalue weighted by Crippen LogP contribution is 2.21. The molecule has 0 atom stereocenters. The summed E-state index contributed by atoms with van der Waals surface area (Å²) in [5.41, 5.74) is 1.28. The maximum atomic E-state index is 11.9. The van der Waals surface area contributed by atoms with Gasteiger partial charge in [0.1, 0.15) is 6.33 Å². The Bertz CT molecular complexity index is 736. The number of ether oxygens (including phenoxy) is 1. The van der Waals surface area contributed by atoms with E-state index < -0.39 is 11.9 Å². The second kappa shape index (κ2) is 6.15. The van der Waals surface area contributed by atoms with Crippen molar-refractivity contribution in [1.29, 1.82) is 0 Å². The maximum Gasteiger partial charge on any atom is 0.397 e. The SMILES string of the molecule is CCOC(=O)C(=O)N1CCN(c2ncnc3c2nnn3C)CC1. The number of hydrogen-bond donors (Lipinski definition) is 0. The van der Waals surface area contributed by atoms with Gasteiger partial charge in [0.2, 0.25) is 0 Å². The maximum absolute atomic E-state index is 11.9. The van der Waals surface area contributed by atoms with Gasteiger partial charge in [-0.25, -0.2) is 19.4 Å². The van der Waals surface area contributed by atoms with E-state index in [2.05, 4.69) is 20.3 Å². The number of nitrogens with zero attached hydrogens (tertiary/aromatic N) is 7. The van der Waals surface area contributed by atoms with Crippen molar-refractivity contribution in [2.75, 3.05) is 37.7 Å². The van der Waals surface area contributed by atoms with E-state index >= 15 is 0 Å². The highest BCUT2D eigenvalue weighted by atomic mass is 16.5. The van der Waals surface area contributed by atoms with Crippen molar-refractivity contribution in [3.05, 3.63) is 6.33 Å². The van der Waals surface area contributed by atoms with Gasteiger partial charge in [-0.15, -0.1) is 5.10 Å². The third-order valence-corrected chi connectivity index (χ3v) is 3.69. The lowest BCUT2D eigenvalue weighted by Gasteiger charge is -2.34. The Hall–Kier alpha value is -2.78. The number of aryl methyl sites for hydroxylation is 1. The van der Waals surface area contributed by atoms with Gasteiger partial charge in [-0.2, -0.15) is 0 Å². The van der Waals surface area contributed by atoms with E-state index in [4.69, 9.17) is 4.74 Å². The minimum absolute atomic E-state index is 0.191. The van der Waals surface area contributed by atoms with Crippen LogP contribution in [0, 0.1) is 0 Å². The lowest BCUT2D eigenvalue weighted by atomic mass is 10.3. The Morgan fingerprint density at radius 3 is 2.65 bits per heavy atom. The second-order valence-corrected chi connectivity index (χ2v) is 5.08. The molecule has 0 aliphatic carbocycles. The van der Waals surface area contributed by atoms with Crippen molar-refractivity contribution in [3.8, 4) is 0 Å². The predicted molar refractivity (Wildman–Crippen MR) is 79.5 cm³/mol. The summed E-state index contributed by atoms with van der Waals surface area (Å²) in [6.45, 7) is 3.80. The molecule has 2 aromatic rings. The largest absolute Gasteiger partial charge is 0.459 e. The number of anilines is 1. The molecule has 10 nitrogen and oxygen atoms in total. The zero-order valence-electron chi connectivity index (χ0n) is 13.0. The monoisotopic (exact) mass is 319 g/mol. The summed E-state index contributed by atoms with van der Waals surface area (Å²) in [5.74, 6) is -0.718. The molecule has 1 fully saturated rings. The number of aromatic nitrogens is 5. The highest BCUT2D eigenvalue weighted by molar-refractivity contribution is 6.32. The van der Waals surface area contributed by atoms with E-state index in [1.165, 1.54) is 11.2 Å². The van der Waals surface area contributed by atoms with Crippen LogP contribution in [0.4, 0.5) is 5.82 Å². The Kier molecular flexibility index (Phi) is 4.04. The first-order chi connectivity index (χ1) is 11.1. The van der Waals surface area contributed by atoms with Crippen molar-refractivity contribution in [2.45, 2.75) is 6.92 Å². The Balaban J connectivity index is 1.71. The van der Waals surface area contributed by atoms with Crippen LogP contribution in [-0.2, 0) is 21.4 Å². The van der Waals surface area contributed by atoms with Gasteiger partial charge in [-0.3, -0.25) is 4.79 Å². The van der Waals surface area contributed by atoms with E-state index in [1.807, 2.05) is 4.90 Å². The standard InChI is InChI=1S/C13H17N7O3/c1-3-23-13(22)12(21)20-6-4-19(5-7-20)11-9-10(14-8-15-11)18(2)17-16-9/h8H,3-7H2,1-2H3. The molecule has 0 radical (unpaired) electrons. The molecule has 3 rings (SSSR count). The van der Waals surface area contributed by atoms with Gasteiger partial charge in [0, 0.05) is 33.2 Å². The van der Waals surface area contributed by atoms with Crippen molar-refractivity contribution in [1.82, 2.24) is 29.9 Å². The van der Waals surface area contributed by atoms with Gasteiger partial charge >= 0.3 is 11.9 Å². The summed E-state index contributed by atoms with van der Waals surface area (Å²) in [4.78, 5) is 35.4. The van der Waals surface area contributed by atoms with Crippen molar-refractivity contribution >= 4 is 28.9 Å². The van der Waals surface area contributed by atoms with Crippen molar-refractivity contribution < 1.29 is 14.3 Å². The molecule has 0 aromatic carbocycles. The summed E-state index contributed by atoms with van der Waals surface area (Å²) < 4.78 is 6.33. The van der Waals surface area contributed by atoms with Crippen LogP contribution in [0.5, 0.6) is 0 Å². The third kappa shape index (κ3) is 2.79. The number of hydrogen-bond acceptors (Lipinski definition) is 8. The number of amides is 1. The Morgan fingerprint density at radius 1 is 1.22 bits per heavy atom. The molecule has 0 unspecified atom stereocenters. The van der Waals surface area contributed by atoms with Crippen LogP contribution in [0.25, 0.3) is 11.2 Å². The van der Waals surface area contributed by atoms with Gasteiger partial charge in [0.15, 0.2) is 17.0 Å². The molecule has 10 heteroatoms. The summed E-state index contributed by atoms with van der Waals surface area (Å²) in [6.07, 6.45) is 1.47. The molecule has 0 saturated carbocycles. The highest BCUT2D eigenvalue weighted by Gasteiger charge is 2.28. The fourth-order valence-corrected chi connectivity index (χ4v) is 2.52. The van der Waals surface area contributed by atoms with Gasteiger partial charge < -0.3 is 14.5 Å². The van der Waals surface area contributed by atoms with Gasteiger partial charge in [-0.05, 0) is 6.92 Å². The number of carbonyl (C=O) groups excluding carboxylic acids is 2. The van der Waals surface area contributed by atoms with Crippen LogP contribution in [0.1, 0.15) is 6.92 Å². The molecular formula is C13H17N7O3. The molecule has 23 heavy (non-hydrogen) atoms. The average Bonchev–Trinajstić information content (AvgIpc) is 2.96. The molecular weight excluding hydrogens is 302 g/mol. The van der Waals surface area contributed by atoms with Crippen molar-refractivity contribution in [3.63, 3.8) is 0 Å². The van der Waals surface area contributed by atoms with E-state index in [1.54, 1.807) is 18.7 Å². The van der Waals surface area contributed by atoms with Crippen LogP contribution in [-0.4, -0.2) is 74.5 Å². The van der Waals surface area contributed by atoms with Gasteiger partial charge in [-0.1, -0.05) is 5.21 Å². The minimum Gasteiger partial charge on any atom is -0.459 e. The molecule has 0 N–H and O–H groups in total. The quantitative estimate of drug-likeness (QED) is 0.511. The van der Waals surface area contributed by atoms with E-state index in [9.17, 15) is 9.59 Å². The molecule has 0 bridgehead atoms. The molecule has 1 aliphatic rings. The lowest BCUT2D eigenvalue weighted by molar-refractivity contribution is -0.160. The van der Waals surface area contributed by atoms with E-state index in [0.29, 0.717) is 43.2 Å². The van der Waals surface area contributed by atoms with Gasteiger partial charge in [0.05, 0.1) is 6.61 Å². The molecule has 1 amide bonds. The zero-order chi connectivity index (χ0) is 16.4. The van der Waals surface area contributed by atoms with E-state index in [0.717, 1.165) is 0 Å². The zero-order valence-corrected chi connectivity index (χ0v) is 13.0. The Morgan fingerprint density at radius 2 is 1.96 bits per heavy atom. The fourth-order valence-electron chi connectivity index (χ4n) is 2.52. The third-order valence-electron chi connectivity index (χ3n) is 3.69. The van der Waals surface area contributed by atoms with Crippen LogP contribution in [0.3, 0.4) is 0 Å². The molecule has 2 aromatic heterocycles. The van der Waals surface area contributed by atoms with E-state index in [-0.39, 0.29) is 6.61 Å². The predicted octanol–water partition coefficient (Wildman–Crippen LogP) is -1.03. The second-order valence-electron chi connectivity index (χ2n) is 5.08. The molecule has 1 aliphatic heterocycles. The topological polar surface area (TPSA) is 106 Å². The first kappa shape index (κ1) is 15.1. The summed E-state index contributed by atoms with van der Waals surface area (Å²) >= 11 is 0. The molecule has 1 saturated heterocycles. The number of carbonyl (C=O) groups is 2. The normalized spacial score (nSPS) is 15.0. The van der Waals surface area contributed by atoms with Gasteiger partial charge in [0.25, 0.3) is 0 Å². The van der Waals surface area contributed by atoms with Crippen LogP contribution in [0.2, 0.25) is 0 Å². The number of rotatable bonds is 2. The van der Waals surface area contributed by atoms with Crippen LogP contribution in [0.15, 0.2) is 6.33 Å². The summed E-state index contributed by atoms with van der Waals surface area (Å²) in [6, 6.07) is 0. The smallest absolute Gasteiger partial charge is 0.397 e. The number of esters is 1. The first-order valence-electron chi connectivity index (χ1n) is 7.33. The molecule has 122 valence electrons. The Labute approximate surface area is 132 Å². The first-order valence-corrected chi connectivity index (χ1v) is 7.33. The number of fused-ring (bicyclic) bond motifs is 1. The fraction of sp³-hybridized carbons (Fsp3) is 0.538. The summed E-state index contributed by atoms with van der Waals surface area (Å²) in [5, 5.41) is 8.04. The van der Waals surface area contributed by atoms with Crippen molar-refractivity contribution in [2.24, 2.45) is 7.05 Å². The average molecular weight is 319 g/mol. The number of piperazine rings is 1. The molecule has 0 spiro atoms. The molecule has 3 heterocycles. The minimum atomic E-state index is -0.806. The summed E-state index contributed by atoms with van der Waals surface area (Å²) in [7, 11) is 1.77. The lowest BCUT2D eigenvalue weighted by Crippen LogP contribution is -2.51. The van der Waals surface area contributed by atoms with Crippen LogP contribution < -0.4 is 4.90 Å². The van der Waals surface area contributed by atoms with Crippen LogP contribution >= 0.6 is 0 Å².